The number of hydrogen-bond acceptors (Lipinski definition) is 5. The summed E-state index contributed by atoms with van der Waals surface area (Å²) in [6.07, 6.45) is 10.2. The summed E-state index contributed by atoms with van der Waals surface area (Å²) < 4.78 is 7.82. The molecular formula is C24H27N6O+. The minimum atomic E-state index is -0.0380. The van der Waals surface area contributed by atoms with Crippen LogP contribution < -0.4 is 4.90 Å². The van der Waals surface area contributed by atoms with Crippen molar-refractivity contribution in [3.8, 4) is 0 Å². The second-order valence-corrected chi connectivity index (χ2v) is 8.21. The molecule has 0 amide bonds. The Balaban J connectivity index is 1.58. The standard InChI is InChI=1S/C24H26N6O/c1-2-7-19(8-3-1)17-29(18-22-11-6-16-31-22)23(20-12-14-25-15-13-20)24-26-27-28-30(24)21-9-4-5-10-21/h1-3,6-8,11-16,21,23H,4-5,9-10,17-18H2/p+1/t23-/m1/s1. The van der Waals surface area contributed by atoms with Crippen LogP contribution in [0.3, 0.4) is 0 Å². The van der Waals surface area contributed by atoms with Gasteiger partial charge in [-0.25, -0.2) is 4.68 Å². The molecule has 158 valence electrons. The van der Waals surface area contributed by atoms with Gasteiger partial charge in [0, 0.05) is 23.5 Å². The lowest BCUT2D eigenvalue weighted by Crippen LogP contribution is -3.10. The van der Waals surface area contributed by atoms with Gasteiger partial charge >= 0.3 is 0 Å². The molecule has 0 saturated heterocycles. The number of quaternary nitrogens is 1. The van der Waals surface area contributed by atoms with E-state index in [4.69, 9.17) is 4.42 Å². The fourth-order valence-corrected chi connectivity index (χ4v) is 4.68. The molecule has 4 aromatic rings. The van der Waals surface area contributed by atoms with Gasteiger partial charge in [-0.15, -0.1) is 5.10 Å². The van der Waals surface area contributed by atoms with E-state index in [0.717, 1.165) is 43.1 Å². The Labute approximate surface area is 181 Å². The zero-order chi connectivity index (χ0) is 20.9. The molecule has 5 rings (SSSR count). The first kappa shape index (κ1) is 19.6. The molecule has 0 radical (unpaired) electrons. The highest BCUT2D eigenvalue weighted by Crippen LogP contribution is 2.31. The third kappa shape index (κ3) is 4.41. The van der Waals surface area contributed by atoms with Gasteiger partial charge in [-0.05, 0) is 47.5 Å². The third-order valence-electron chi connectivity index (χ3n) is 6.15. The maximum absolute atomic E-state index is 5.74. The first-order valence-electron chi connectivity index (χ1n) is 11.0. The molecule has 1 aromatic carbocycles. The highest BCUT2D eigenvalue weighted by molar-refractivity contribution is 5.20. The second-order valence-electron chi connectivity index (χ2n) is 8.21. The molecule has 31 heavy (non-hydrogen) atoms. The predicted octanol–water partition coefficient (Wildman–Crippen LogP) is 3.15. The average molecular weight is 416 g/mol. The van der Waals surface area contributed by atoms with Crippen LogP contribution in [0, 0.1) is 0 Å². The highest BCUT2D eigenvalue weighted by atomic mass is 16.3. The van der Waals surface area contributed by atoms with E-state index in [-0.39, 0.29) is 6.04 Å². The van der Waals surface area contributed by atoms with Gasteiger partial charge in [0.25, 0.3) is 0 Å². The Bertz CT molecular complexity index is 1060. The molecule has 0 spiro atoms. The van der Waals surface area contributed by atoms with Gasteiger partial charge in [-0.1, -0.05) is 43.2 Å². The van der Waals surface area contributed by atoms with Crippen molar-refractivity contribution < 1.29 is 9.32 Å². The van der Waals surface area contributed by atoms with E-state index >= 15 is 0 Å². The van der Waals surface area contributed by atoms with Gasteiger partial charge in [0.2, 0.25) is 5.82 Å². The number of nitrogens with zero attached hydrogens (tertiary/aromatic N) is 5. The van der Waals surface area contributed by atoms with Crippen molar-refractivity contribution >= 4 is 0 Å². The Morgan fingerprint density at radius 2 is 1.77 bits per heavy atom. The molecule has 7 nitrogen and oxygen atoms in total. The summed E-state index contributed by atoms with van der Waals surface area (Å²) in [6.45, 7) is 1.55. The Kier molecular flexibility index (Phi) is 5.84. The number of tetrazole rings is 1. The summed E-state index contributed by atoms with van der Waals surface area (Å²) in [4.78, 5) is 5.55. The molecule has 7 heteroatoms. The maximum Gasteiger partial charge on any atom is 0.214 e. The largest absolute Gasteiger partial charge is 0.463 e. The molecular weight excluding hydrogens is 388 g/mol. The molecule has 1 fully saturated rings. The van der Waals surface area contributed by atoms with Gasteiger partial charge in [-0.3, -0.25) is 4.98 Å². The first-order chi connectivity index (χ1) is 15.4. The quantitative estimate of drug-likeness (QED) is 0.479. The van der Waals surface area contributed by atoms with Gasteiger partial charge < -0.3 is 9.32 Å². The SMILES string of the molecule is c1ccc(C[NH+](Cc2ccco2)[C@H](c2ccncc2)c2nnnn2C2CCCC2)cc1. The summed E-state index contributed by atoms with van der Waals surface area (Å²) >= 11 is 0. The third-order valence-corrected chi connectivity index (χ3v) is 6.15. The summed E-state index contributed by atoms with van der Waals surface area (Å²) in [5, 5.41) is 13.1. The van der Waals surface area contributed by atoms with E-state index in [0.29, 0.717) is 6.04 Å². The van der Waals surface area contributed by atoms with Crippen LogP contribution in [0.2, 0.25) is 0 Å². The van der Waals surface area contributed by atoms with Crippen molar-refractivity contribution in [2.24, 2.45) is 0 Å². The minimum absolute atomic E-state index is 0.0380. The summed E-state index contributed by atoms with van der Waals surface area (Å²) in [6, 6.07) is 19.0. The molecule has 2 atom stereocenters. The molecule has 0 bridgehead atoms. The van der Waals surface area contributed by atoms with Crippen LogP contribution in [-0.2, 0) is 13.1 Å². The van der Waals surface area contributed by atoms with Crippen LogP contribution in [0.15, 0.2) is 77.7 Å². The molecule has 0 aliphatic heterocycles. The molecule has 3 heterocycles. The normalized spacial score (nSPS) is 16.4. The summed E-state index contributed by atoms with van der Waals surface area (Å²) in [5.74, 6) is 1.86. The molecule has 1 saturated carbocycles. The number of aromatic nitrogens is 5. The number of nitrogens with one attached hydrogen (secondary N) is 1. The van der Waals surface area contributed by atoms with E-state index in [2.05, 4.69) is 67.7 Å². The number of hydrogen-bond donors (Lipinski definition) is 1. The van der Waals surface area contributed by atoms with Crippen LogP contribution >= 0.6 is 0 Å². The van der Waals surface area contributed by atoms with Crippen LogP contribution in [0.4, 0.5) is 0 Å². The number of furan rings is 1. The topological polar surface area (TPSA) is 74.1 Å². The summed E-state index contributed by atoms with van der Waals surface area (Å²) in [7, 11) is 0. The Morgan fingerprint density at radius 1 is 0.968 bits per heavy atom. The zero-order valence-electron chi connectivity index (χ0n) is 17.5. The molecule has 1 aliphatic carbocycles. The van der Waals surface area contributed by atoms with Crippen molar-refractivity contribution in [1.29, 1.82) is 0 Å². The lowest BCUT2D eigenvalue weighted by Gasteiger charge is -2.28. The lowest BCUT2D eigenvalue weighted by molar-refractivity contribution is -0.954. The average Bonchev–Trinajstić information content (AvgIpc) is 3.58. The number of rotatable bonds is 8. The van der Waals surface area contributed by atoms with E-state index < -0.39 is 0 Å². The van der Waals surface area contributed by atoms with E-state index in [1.165, 1.54) is 23.3 Å². The van der Waals surface area contributed by atoms with Crippen LogP contribution in [0.5, 0.6) is 0 Å². The van der Waals surface area contributed by atoms with Crippen LogP contribution in [0.25, 0.3) is 0 Å². The maximum atomic E-state index is 5.74. The highest BCUT2D eigenvalue weighted by Gasteiger charge is 2.35. The van der Waals surface area contributed by atoms with Crippen molar-refractivity contribution in [2.75, 3.05) is 0 Å². The van der Waals surface area contributed by atoms with Crippen molar-refractivity contribution in [2.45, 2.75) is 50.9 Å². The monoisotopic (exact) mass is 415 g/mol. The smallest absolute Gasteiger partial charge is 0.214 e. The molecule has 1 aliphatic rings. The Hall–Kier alpha value is -3.32. The fourth-order valence-electron chi connectivity index (χ4n) is 4.68. The van der Waals surface area contributed by atoms with Gasteiger partial charge in [0.1, 0.15) is 13.1 Å². The minimum Gasteiger partial charge on any atom is -0.463 e. The van der Waals surface area contributed by atoms with E-state index in [1.807, 2.05) is 24.5 Å². The Morgan fingerprint density at radius 3 is 2.52 bits per heavy atom. The second kappa shape index (κ2) is 9.22. The fraction of sp³-hybridized carbons (Fsp3) is 0.333. The predicted molar refractivity (Wildman–Crippen MR) is 115 cm³/mol. The van der Waals surface area contributed by atoms with Crippen LogP contribution in [0.1, 0.15) is 60.5 Å². The number of pyridine rings is 1. The van der Waals surface area contributed by atoms with E-state index in [1.54, 1.807) is 6.26 Å². The lowest BCUT2D eigenvalue weighted by atomic mass is 10.0. The van der Waals surface area contributed by atoms with Gasteiger partial charge in [0.05, 0.1) is 12.3 Å². The number of benzene rings is 1. The molecule has 1 N–H and O–H groups in total. The first-order valence-corrected chi connectivity index (χ1v) is 11.0. The summed E-state index contributed by atoms with van der Waals surface area (Å²) in [5.41, 5.74) is 2.42. The molecule has 1 unspecified atom stereocenters. The van der Waals surface area contributed by atoms with Gasteiger partial charge in [0.15, 0.2) is 11.8 Å². The van der Waals surface area contributed by atoms with Crippen molar-refractivity contribution in [1.82, 2.24) is 25.2 Å². The van der Waals surface area contributed by atoms with Crippen molar-refractivity contribution in [3.63, 3.8) is 0 Å². The van der Waals surface area contributed by atoms with E-state index in [9.17, 15) is 0 Å². The van der Waals surface area contributed by atoms with Crippen molar-refractivity contribution in [3.05, 3.63) is 96.0 Å². The van der Waals surface area contributed by atoms with Gasteiger partial charge in [-0.2, -0.15) is 0 Å². The van der Waals surface area contributed by atoms with Crippen LogP contribution in [-0.4, -0.2) is 25.2 Å². The zero-order valence-corrected chi connectivity index (χ0v) is 17.5. The molecule has 3 aromatic heterocycles.